The van der Waals surface area contributed by atoms with Gasteiger partial charge in [0.1, 0.15) is 0 Å². The molecule has 0 unspecified atom stereocenters. The number of carbonyl (C=O) groups excluding carboxylic acids is 1. The summed E-state index contributed by atoms with van der Waals surface area (Å²) in [6.45, 7) is 0.737. The molecule has 128 valence electrons. The summed E-state index contributed by atoms with van der Waals surface area (Å²) in [6, 6.07) is 18.9. The zero-order valence-electron chi connectivity index (χ0n) is 14.1. The van der Waals surface area contributed by atoms with Crippen LogP contribution >= 0.6 is 0 Å². The summed E-state index contributed by atoms with van der Waals surface area (Å²) in [4.78, 5) is 16.5. The molecule has 0 aliphatic rings. The monoisotopic (exact) mass is 342 g/mol. The quantitative estimate of drug-likeness (QED) is 0.552. The summed E-state index contributed by atoms with van der Waals surface area (Å²) in [6.07, 6.45) is 5.70. The van der Waals surface area contributed by atoms with Crippen LogP contribution in [-0.2, 0) is 6.54 Å². The maximum atomic E-state index is 12.4. The van der Waals surface area contributed by atoms with E-state index < -0.39 is 0 Å². The molecule has 0 saturated carbocycles. The molecule has 0 aliphatic heterocycles. The van der Waals surface area contributed by atoms with E-state index >= 15 is 0 Å². The first kappa shape index (κ1) is 15.9. The average Bonchev–Trinajstić information content (AvgIpc) is 3.07. The number of nitrogens with two attached hydrogens (primary N) is 1. The highest BCUT2D eigenvalue weighted by Crippen LogP contribution is 2.19. The number of para-hydroxylation sites is 2. The van der Waals surface area contributed by atoms with Gasteiger partial charge < -0.3 is 15.6 Å². The Kier molecular flexibility index (Phi) is 4.11. The number of amides is 1. The highest BCUT2D eigenvalue weighted by atomic mass is 16.1. The molecule has 0 bridgehead atoms. The second-order valence-electron chi connectivity index (χ2n) is 6.12. The fourth-order valence-corrected chi connectivity index (χ4v) is 2.94. The molecular formula is C21H18N4O. The third-order valence-electron chi connectivity index (χ3n) is 4.35. The topological polar surface area (TPSA) is 72.9 Å². The van der Waals surface area contributed by atoms with Gasteiger partial charge in [-0.2, -0.15) is 0 Å². The van der Waals surface area contributed by atoms with Crippen LogP contribution in [0.4, 0.5) is 11.4 Å². The van der Waals surface area contributed by atoms with Crippen molar-refractivity contribution in [2.45, 2.75) is 6.54 Å². The number of benzene rings is 2. The lowest BCUT2D eigenvalue weighted by Gasteiger charge is -2.09. The first-order valence-electron chi connectivity index (χ1n) is 8.34. The van der Waals surface area contributed by atoms with Gasteiger partial charge in [0, 0.05) is 36.1 Å². The molecule has 5 nitrogen and oxygen atoms in total. The van der Waals surface area contributed by atoms with Crippen molar-refractivity contribution in [3.8, 4) is 0 Å². The SMILES string of the molecule is Nc1ccccc1NC(=O)c1ccc(Cn2ccc3cnccc32)cc1. The maximum Gasteiger partial charge on any atom is 0.255 e. The minimum absolute atomic E-state index is 0.174. The van der Waals surface area contributed by atoms with E-state index in [0.29, 0.717) is 16.9 Å². The van der Waals surface area contributed by atoms with Gasteiger partial charge in [-0.1, -0.05) is 24.3 Å². The van der Waals surface area contributed by atoms with Gasteiger partial charge in [0.15, 0.2) is 0 Å². The summed E-state index contributed by atoms with van der Waals surface area (Å²) >= 11 is 0. The molecule has 3 N–H and O–H groups in total. The summed E-state index contributed by atoms with van der Waals surface area (Å²) < 4.78 is 2.16. The van der Waals surface area contributed by atoms with Crippen LogP contribution < -0.4 is 11.1 Å². The molecule has 0 fully saturated rings. The molecule has 0 aliphatic carbocycles. The lowest BCUT2D eigenvalue weighted by atomic mass is 10.1. The number of nitrogens with zero attached hydrogens (tertiary/aromatic N) is 2. The largest absolute Gasteiger partial charge is 0.397 e. The summed E-state index contributed by atoms with van der Waals surface area (Å²) in [5.74, 6) is -0.174. The van der Waals surface area contributed by atoms with E-state index in [1.807, 2.05) is 54.9 Å². The first-order valence-corrected chi connectivity index (χ1v) is 8.34. The Morgan fingerprint density at radius 2 is 1.85 bits per heavy atom. The Hall–Kier alpha value is -3.60. The highest BCUT2D eigenvalue weighted by molar-refractivity contribution is 6.05. The van der Waals surface area contributed by atoms with Crippen molar-refractivity contribution in [1.29, 1.82) is 0 Å². The minimum atomic E-state index is -0.174. The molecule has 1 amide bonds. The van der Waals surface area contributed by atoms with Crippen LogP contribution in [0.5, 0.6) is 0 Å². The first-order chi connectivity index (χ1) is 12.7. The molecule has 26 heavy (non-hydrogen) atoms. The van der Waals surface area contributed by atoms with E-state index in [1.165, 1.54) is 0 Å². The predicted octanol–water partition coefficient (Wildman–Crippen LogP) is 3.92. The third-order valence-corrected chi connectivity index (χ3v) is 4.35. The Balaban J connectivity index is 1.50. The van der Waals surface area contributed by atoms with Gasteiger partial charge in [-0.05, 0) is 42.0 Å². The molecule has 4 rings (SSSR count). The average molecular weight is 342 g/mol. The number of hydrogen-bond acceptors (Lipinski definition) is 3. The Morgan fingerprint density at radius 3 is 2.65 bits per heavy atom. The van der Waals surface area contributed by atoms with Crippen molar-refractivity contribution in [3.05, 3.63) is 90.4 Å². The number of pyridine rings is 1. The third kappa shape index (κ3) is 3.15. The van der Waals surface area contributed by atoms with E-state index in [4.69, 9.17) is 5.73 Å². The standard InChI is InChI=1S/C21H18N4O/c22-18-3-1-2-4-19(18)24-21(26)16-7-5-15(6-8-16)14-25-12-10-17-13-23-11-9-20(17)25/h1-13H,14,22H2,(H,24,26). The van der Waals surface area contributed by atoms with Crippen molar-refractivity contribution in [1.82, 2.24) is 9.55 Å². The molecule has 4 aromatic rings. The van der Waals surface area contributed by atoms with E-state index in [1.54, 1.807) is 18.3 Å². The van der Waals surface area contributed by atoms with Crippen LogP contribution in [0.3, 0.4) is 0 Å². The van der Waals surface area contributed by atoms with Crippen LogP contribution in [0.15, 0.2) is 79.3 Å². The van der Waals surface area contributed by atoms with Gasteiger partial charge >= 0.3 is 0 Å². The van der Waals surface area contributed by atoms with Crippen molar-refractivity contribution in [3.63, 3.8) is 0 Å². The minimum Gasteiger partial charge on any atom is -0.397 e. The van der Waals surface area contributed by atoms with E-state index in [9.17, 15) is 4.79 Å². The number of hydrogen-bond donors (Lipinski definition) is 2. The molecule has 2 heterocycles. The van der Waals surface area contributed by atoms with Crippen molar-refractivity contribution < 1.29 is 4.79 Å². The lowest BCUT2D eigenvalue weighted by molar-refractivity contribution is 0.102. The second kappa shape index (κ2) is 6.72. The molecule has 0 radical (unpaired) electrons. The van der Waals surface area contributed by atoms with Crippen LogP contribution in [0.2, 0.25) is 0 Å². The molecule has 2 aromatic carbocycles. The number of carbonyl (C=O) groups is 1. The maximum absolute atomic E-state index is 12.4. The molecule has 5 heteroatoms. The van der Waals surface area contributed by atoms with Crippen LogP contribution in [0.25, 0.3) is 10.9 Å². The molecule has 0 atom stereocenters. The number of nitrogen functional groups attached to an aromatic ring is 1. The number of rotatable bonds is 4. The normalized spacial score (nSPS) is 10.8. The molecule has 0 saturated heterocycles. The van der Waals surface area contributed by atoms with Gasteiger partial charge in [-0.3, -0.25) is 9.78 Å². The number of aromatic nitrogens is 2. The lowest BCUT2D eigenvalue weighted by Crippen LogP contribution is -2.13. The number of fused-ring (bicyclic) bond motifs is 1. The molecule has 0 spiro atoms. The summed E-state index contributed by atoms with van der Waals surface area (Å²) in [7, 11) is 0. The van der Waals surface area contributed by atoms with Gasteiger partial charge in [0.2, 0.25) is 0 Å². The highest BCUT2D eigenvalue weighted by Gasteiger charge is 2.08. The van der Waals surface area contributed by atoms with Gasteiger partial charge in [0.05, 0.1) is 16.9 Å². The van der Waals surface area contributed by atoms with E-state index in [2.05, 4.69) is 20.9 Å². The zero-order chi connectivity index (χ0) is 17.9. The Morgan fingerprint density at radius 1 is 1.04 bits per heavy atom. The van der Waals surface area contributed by atoms with E-state index in [0.717, 1.165) is 23.0 Å². The molecule has 2 aromatic heterocycles. The smallest absolute Gasteiger partial charge is 0.255 e. The van der Waals surface area contributed by atoms with Crippen LogP contribution in [0, 0.1) is 0 Å². The predicted molar refractivity (Wildman–Crippen MR) is 104 cm³/mol. The zero-order valence-corrected chi connectivity index (χ0v) is 14.1. The fraction of sp³-hybridized carbons (Fsp3) is 0.0476. The van der Waals surface area contributed by atoms with Gasteiger partial charge in [0.25, 0.3) is 5.91 Å². The number of anilines is 2. The Bertz CT molecular complexity index is 1070. The second-order valence-corrected chi connectivity index (χ2v) is 6.12. The fourth-order valence-electron chi connectivity index (χ4n) is 2.94. The van der Waals surface area contributed by atoms with Crippen molar-refractivity contribution in [2.75, 3.05) is 11.1 Å². The van der Waals surface area contributed by atoms with Crippen LogP contribution in [0.1, 0.15) is 15.9 Å². The van der Waals surface area contributed by atoms with Crippen molar-refractivity contribution >= 4 is 28.2 Å². The Labute approximate surface area is 151 Å². The summed E-state index contributed by atoms with van der Waals surface area (Å²) in [5.41, 5.74) is 9.89. The van der Waals surface area contributed by atoms with Gasteiger partial charge in [-0.15, -0.1) is 0 Å². The summed E-state index contributed by atoms with van der Waals surface area (Å²) in [5, 5.41) is 3.95. The van der Waals surface area contributed by atoms with Crippen LogP contribution in [-0.4, -0.2) is 15.5 Å². The number of nitrogens with one attached hydrogen (secondary N) is 1. The van der Waals surface area contributed by atoms with E-state index in [-0.39, 0.29) is 5.91 Å². The van der Waals surface area contributed by atoms with Crippen molar-refractivity contribution in [2.24, 2.45) is 0 Å². The van der Waals surface area contributed by atoms with Gasteiger partial charge in [-0.25, -0.2) is 0 Å². The molecular weight excluding hydrogens is 324 g/mol.